The predicted molar refractivity (Wildman–Crippen MR) is 68.9 cm³/mol. The van der Waals surface area contributed by atoms with Gasteiger partial charge in [-0.25, -0.2) is 0 Å². The molecule has 2 heteroatoms. The first-order valence-corrected chi connectivity index (χ1v) is 6.99. The normalized spacial score (nSPS) is 31.6. The zero-order chi connectivity index (χ0) is 11.5. The van der Waals surface area contributed by atoms with Crippen molar-refractivity contribution in [3.63, 3.8) is 0 Å². The second-order valence-corrected chi connectivity index (χ2v) is 5.89. The van der Waals surface area contributed by atoms with E-state index >= 15 is 0 Å². The summed E-state index contributed by atoms with van der Waals surface area (Å²) in [5.41, 5.74) is 0. The van der Waals surface area contributed by atoms with Gasteiger partial charge in [0.2, 0.25) is 0 Å². The molecular formula is C14H26N2. The quantitative estimate of drug-likeness (QED) is 0.560. The molecule has 1 N–H and O–H groups in total. The maximum atomic E-state index is 8.30. The molecule has 0 bridgehead atoms. The molecule has 2 aliphatic rings. The van der Waals surface area contributed by atoms with Crippen LogP contribution in [0.1, 0.15) is 58.3 Å². The van der Waals surface area contributed by atoms with Crippen molar-refractivity contribution in [1.82, 2.24) is 4.90 Å². The van der Waals surface area contributed by atoms with E-state index in [1.807, 2.05) is 0 Å². The fourth-order valence-electron chi connectivity index (χ4n) is 3.31. The molecule has 0 heterocycles. The van der Waals surface area contributed by atoms with Crippen LogP contribution in [0.4, 0.5) is 0 Å². The summed E-state index contributed by atoms with van der Waals surface area (Å²) in [7, 11) is 2.15. The molecule has 0 radical (unpaired) electrons. The second kappa shape index (κ2) is 5.20. The molecule has 16 heavy (non-hydrogen) atoms. The standard InChI is InChI=1S/C14H26N2/c1-11-7-9-13(10-8-11)16(2)14(15)12-5-3-4-6-12/h11-13,15H,3-10H2,1-2H3. The lowest BCUT2D eigenvalue weighted by atomic mass is 9.86. The van der Waals surface area contributed by atoms with E-state index in [2.05, 4.69) is 18.9 Å². The van der Waals surface area contributed by atoms with Gasteiger partial charge in [-0.1, -0.05) is 19.8 Å². The molecule has 0 aromatic heterocycles. The van der Waals surface area contributed by atoms with Gasteiger partial charge in [0, 0.05) is 19.0 Å². The van der Waals surface area contributed by atoms with Gasteiger partial charge in [0.15, 0.2) is 0 Å². The molecular weight excluding hydrogens is 196 g/mol. The van der Waals surface area contributed by atoms with Crippen LogP contribution in [0.3, 0.4) is 0 Å². The first-order chi connectivity index (χ1) is 7.68. The van der Waals surface area contributed by atoms with Crippen LogP contribution >= 0.6 is 0 Å². The van der Waals surface area contributed by atoms with Crippen molar-refractivity contribution in [1.29, 1.82) is 5.41 Å². The van der Waals surface area contributed by atoms with Gasteiger partial charge in [-0.05, 0) is 44.4 Å². The molecule has 0 aromatic carbocycles. The van der Waals surface area contributed by atoms with Crippen LogP contribution < -0.4 is 0 Å². The van der Waals surface area contributed by atoms with Gasteiger partial charge < -0.3 is 4.90 Å². The Morgan fingerprint density at radius 1 is 1.00 bits per heavy atom. The van der Waals surface area contributed by atoms with Crippen molar-refractivity contribution in [2.75, 3.05) is 7.05 Å². The van der Waals surface area contributed by atoms with Crippen LogP contribution in [-0.2, 0) is 0 Å². The Morgan fingerprint density at radius 3 is 2.12 bits per heavy atom. The molecule has 0 spiro atoms. The molecule has 2 rings (SSSR count). The summed E-state index contributed by atoms with van der Waals surface area (Å²) in [4.78, 5) is 2.29. The van der Waals surface area contributed by atoms with E-state index in [9.17, 15) is 0 Å². The molecule has 2 aliphatic carbocycles. The summed E-state index contributed by atoms with van der Waals surface area (Å²) < 4.78 is 0. The Morgan fingerprint density at radius 2 is 1.56 bits per heavy atom. The fraction of sp³-hybridized carbons (Fsp3) is 0.929. The topological polar surface area (TPSA) is 27.1 Å². The van der Waals surface area contributed by atoms with Crippen LogP contribution in [0.25, 0.3) is 0 Å². The lowest BCUT2D eigenvalue weighted by Gasteiger charge is -2.36. The van der Waals surface area contributed by atoms with Gasteiger partial charge in [0.25, 0.3) is 0 Å². The minimum atomic E-state index is 0.573. The summed E-state index contributed by atoms with van der Waals surface area (Å²) in [6.45, 7) is 2.36. The third-order valence-corrected chi connectivity index (χ3v) is 4.65. The van der Waals surface area contributed by atoms with Gasteiger partial charge >= 0.3 is 0 Å². The van der Waals surface area contributed by atoms with E-state index in [4.69, 9.17) is 5.41 Å². The van der Waals surface area contributed by atoms with Gasteiger partial charge in [0.1, 0.15) is 0 Å². The van der Waals surface area contributed by atoms with Gasteiger partial charge in [-0.2, -0.15) is 0 Å². The first-order valence-electron chi connectivity index (χ1n) is 6.99. The van der Waals surface area contributed by atoms with Crippen molar-refractivity contribution >= 4 is 5.84 Å². The number of rotatable bonds is 2. The predicted octanol–water partition coefficient (Wildman–Crippen LogP) is 3.66. The molecule has 0 aliphatic heterocycles. The van der Waals surface area contributed by atoms with E-state index in [0.29, 0.717) is 12.0 Å². The first kappa shape index (κ1) is 11.9. The molecule has 0 atom stereocenters. The van der Waals surface area contributed by atoms with Gasteiger partial charge in [-0.15, -0.1) is 0 Å². The fourth-order valence-corrected chi connectivity index (χ4v) is 3.31. The Bertz CT molecular complexity index is 235. The maximum Gasteiger partial charge on any atom is 0.0989 e. The highest BCUT2D eigenvalue weighted by Gasteiger charge is 2.28. The molecule has 0 unspecified atom stereocenters. The Balaban J connectivity index is 1.86. The van der Waals surface area contributed by atoms with Crippen LogP contribution in [-0.4, -0.2) is 23.8 Å². The average molecular weight is 222 g/mol. The Labute approximate surface area is 99.9 Å². The lowest BCUT2D eigenvalue weighted by Crippen LogP contribution is -2.41. The van der Waals surface area contributed by atoms with Crippen LogP contribution in [0.5, 0.6) is 0 Å². The van der Waals surface area contributed by atoms with Crippen LogP contribution in [0, 0.1) is 17.2 Å². The minimum Gasteiger partial charge on any atom is -0.360 e. The van der Waals surface area contributed by atoms with E-state index in [1.165, 1.54) is 51.4 Å². The lowest BCUT2D eigenvalue weighted by molar-refractivity contribution is 0.231. The van der Waals surface area contributed by atoms with Crippen molar-refractivity contribution in [3.05, 3.63) is 0 Å². The number of amidine groups is 1. The molecule has 2 nitrogen and oxygen atoms in total. The summed E-state index contributed by atoms with van der Waals surface area (Å²) in [6.07, 6.45) is 10.5. The van der Waals surface area contributed by atoms with Crippen LogP contribution in [0.15, 0.2) is 0 Å². The zero-order valence-electron chi connectivity index (χ0n) is 10.8. The third-order valence-electron chi connectivity index (χ3n) is 4.65. The van der Waals surface area contributed by atoms with E-state index in [0.717, 1.165) is 11.8 Å². The van der Waals surface area contributed by atoms with Crippen molar-refractivity contribution in [2.24, 2.45) is 11.8 Å². The number of nitrogens with one attached hydrogen (secondary N) is 1. The molecule has 0 aromatic rings. The van der Waals surface area contributed by atoms with Crippen molar-refractivity contribution in [3.8, 4) is 0 Å². The number of hydrogen-bond acceptors (Lipinski definition) is 1. The summed E-state index contributed by atoms with van der Waals surface area (Å²) in [5, 5.41) is 8.30. The van der Waals surface area contributed by atoms with Gasteiger partial charge in [-0.3, -0.25) is 5.41 Å². The highest BCUT2D eigenvalue weighted by atomic mass is 15.2. The summed E-state index contributed by atoms with van der Waals surface area (Å²) in [5.74, 6) is 2.41. The maximum absolute atomic E-state index is 8.30. The zero-order valence-corrected chi connectivity index (χ0v) is 10.8. The number of hydrogen-bond donors (Lipinski definition) is 1. The Hall–Kier alpha value is -0.530. The minimum absolute atomic E-state index is 0.573. The third kappa shape index (κ3) is 2.58. The molecule has 2 fully saturated rings. The molecule has 92 valence electrons. The molecule has 2 saturated carbocycles. The smallest absolute Gasteiger partial charge is 0.0989 e. The van der Waals surface area contributed by atoms with E-state index in [1.54, 1.807) is 0 Å². The van der Waals surface area contributed by atoms with Crippen LogP contribution in [0.2, 0.25) is 0 Å². The number of nitrogens with zero attached hydrogens (tertiary/aromatic N) is 1. The van der Waals surface area contributed by atoms with Gasteiger partial charge in [0.05, 0.1) is 5.84 Å². The Kier molecular flexibility index (Phi) is 3.88. The van der Waals surface area contributed by atoms with Crippen molar-refractivity contribution in [2.45, 2.75) is 64.3 Å². The summed E-state index contributed by atoms with van der Waals surface area (Å²) >= 11 is 0. The molecule has 0 saturated heterocycles. The largest absolute Gasteiger partial charge is 0.360 e. The highest BCUT2D eigenvalue weighted by molar-refractivity contribution is 5.81. The molecule has 0 amide bonds. The van der Waals surface area contributed by atoms with E-state index < -0.39 is 0 Å². The van der Waals surface area contributed by atoms with E-state index in [-0.39, 0.29) is 0 Å². The SMILES string of the molecule is CC1CCC(N(C)C(=N)C2CCCC2)CC1. The second-order valence-electron chi connectivity index (χ2n) is 5.89. The summed E-state index contributed by atoms with van der Waals surface area (Å²) in [6, 6.07) is 0.657. The van der Waals surface area contributed by atoms with Crippen molar-refractivity contribution < 1.29 is 0 Å². The monoisotopic (exact) mass is 222 g/mol. The highest BCUT2D eigenvalue weighted by Crippen LogP contribution is 2.31. The average Bonchev–Trinajstić information content (AvgIpc) is 2.81.